The summed E-state index contributed by atoms with van der Waals surface area (Å²) in [6, 6.07) is 1.92. The fourth-order valence-electron chi connectivity index (χ4n) is 1.47. The molecule has 0 aliphatic heterocycles. The first-order chi connectivity index (χ1) is 7.56. The number of rotatable bonds is 3. The quantitative estimate of drug-likeness (QED) is 0.783. The van der Waals surface area contributed by atoms with E-state index in [2.05, 4.69) is 11.8 Å². The molecule has 0 fully saturated rings. The van der Waals surface area contributed by atoms with E-state index in [4.69, 9.17) is 5.73 Å². The molecule has 0 heterocycles. The van der Waals surface area contributed by atoms with Crippen molar-refractivity contribution < 1.29 is 8.78 Å². The Morgan fingerprint density at radius 1 is 1.31 bits per heavy atom. The second kappa shape index (κ2) is 5.62. The van der Waals surface area contributed by atoms with Gasteiger partial charge in [-0.3, -0.25) is 0 Å². The highest BCUT2D eigenvalue weighted by Crippen LogP contribution is 2.22. The van der Waals surface area contributed by atoms with Crippen LogP contribution in [0.2, 0.25) is 0 Å². The largest absolute Gasteiger partial charge is 0.324 e. The summed E-state index contributed by atoms with van der Waals surface area (Å²) in [5.74, 6) is 4.49. The van der Waals surface area contributed by atoms with Gasteiger partial charge in [-0.2, -0.15) is 0 Å². The number of benzene rings is 1. The smallest absolute Gasteiger partial charge is 0.130 e. The fourth-order valence-corrected chi connectivity index (χ4v) is 1.47. The molecule has 1 aromatic carbocycles. The standard InChI is InChI=1S/C13H15F2N/c1-3-4-5-6-13(16)10-7-9(2)11(14)8-12(10)15/h7-8,13H,5-6,16H2,1-2H3. The van der Waals surface area contributed by atoms with Gasteiger partial charge in [-0.15, -0.1) is 11.8 Å². The van der Waals surface area contributed by atoms with Gasteiger partial charge in [0.2, 0.25) is 0 Å². The molecule has 0 aliphatic rings. The number of hydrogen-bond acceptors (Lipinski definition) is 1. The molecule has 1 nitrogen and oxygen atoms in total. The summed E-state index contributed by atoms with van der Waals surface area (Å²) in [6.45, 7) is 3.34. The Morgan fingerprint density at radius 3 is 2.62 bits per heavy atom. The second-order valence-corrected chi connectivity index (χ2v) is 3.69. The van der Waals surface area contributed by atoms with Crippen molar-refractivity contribution in [3.8, 4) is 11.8 Å². The van der Waals surface area contributed by atoms with Crippen molar-refractivity contribution in [2.24, 2.45) is 5.73 Å². The van der Waals surface area contributed by atoms with E-state index in [1.54, 1.807) is 13.8 Å². The lowest BCUT2D eigenvalue weighted by atomic mass is 10.00. The lowest BCUT2D eigenvalue weighted by Gasteiger charge is -2.12. The molecule has 1 aromatic rings. The van der Waals surface area contributed by atoms with Crippen LogP contribution in [-0.4, -0.2) is 0 Å². The third-order valence-corrected chi connectivity index (χ3v) is 2.43. The number of halogens is 2. The molecule has 2 N–H and O–H groups in total. The summed E-state index contributed by atoms with van der Waals surface area (Å²) in [6.07, 6.45) is 1.19. The zero-order valence-electron chi connectivity index (χ0n) is 9.48. The topological polar surface area (TPSA) is 26.0 Å². The van der Waals surface area contributed by atoms with Gasteiger partial charge >= 0.3 is 0 Å². The predicted molar refractivity (Wildman–Crippen MR) is 60.7 cm³/mol. The van der Waals surface area contributed by atoms with Gasteiger partial charge in [-0.05, 0) is 31.9 Å². The van der Waals surface area contributed by atoms with Crippen LogP contribution in [0, 0.1) is 30.4 Å². The molecule has 1 rings (SSSR count). The Kier molecular flexibility index (Phi) is 4.45. The molecule has 3 heteroatoms. The van der Waals surface area contributed by atoms with Gasteiger partial charge in [0, 0.05) is 24.1 Å². The van der Waals surface area contributed by atoms with E-state index in [9.17, 15) is 8.78 Å². The second-order valence-electron chi connectivity index (χ2n) is 3.69. The van der Waals surface area contributed by atoms with Gasteiger partial charge < -0.3 is 5.73 Å². The van der Waals surface area contributed by atoms with Crippen LogP contribution < -0.4 is 5.73 Å². The third-order valence-electron chi connectivity index (χ3n) is 2.43. The Morgan fingerprint density at radius 2 is 2.00 bits per heavy atom. The predicted octanol–water partition coefficient (Wildman–Crippen LogP) is 3.08. The highest BCUT2D eigenvalue weighted by atomic mass is 19.1. The minimum Gasteiger partial charge on any atom is -0.324 e. The molecule has 0 bridgehead atoms. The number of aryl methyl sites for hydroxylation is 1. The first-order valence-corrected chi connectivity index (χ1v) is 5.17. The van der Waals surface area contributed by atoms with Gasteiger partial charge in [0.25, 0.3) is 0 Å². The maximum Gasteiger partial charge on any atom is 0.130 e. The molecular weight excluding hydrogens is 208 g/mol. The van der Waals surface area contributed by atoms with Crippen LogP contribution in [0.1, 0.15) is 36.9 Å². The van der Waals surface area contributed by atoms with Crippen LogP contribution in [0.25, 0.3) is 0 Å². The number of hydrogen-bond donors (Lipinski definition) is 1. The lowest BCUT2D eigenvalue weighted by Crippen LogP contribution is -2.12. The Labute approximate surface area is 94.7 Å². The Hall–Kier alpha value is -1.40. The van der Waals surface area contributed by atoms with Crippen LogP contribution >= 0.6 is 0 Å². The van der Waals surface area contributed by atoms with Gasteiger partial charge in [0.15, 0.2) is 0 Å². The molecular formula is C13H15F2N. The van der Waals surface area contributed by atoms with E-state index in [0.29, 0.717) is 24.0 Å². The summed E-state index contributed by atoms with van der Waals surface area (Å²) >= 11 is 0. The summed E-state index contributed by atoms with van der Waals surface area (Å²) < 4.78 is 26.5. The maximum atomic E-state index is 13.4. The van der Waals surface area contributed by atoms with E-state index in [1.807, 2.05) is 0 Å². The lowest BCUT2D eigenvalue weighted by molar-refractivity contribution is 0.542. The van der Waals surface area contributed by atoms with Crippen molar-refractivity contribution in [1.82, 2.24) is 0 Å². The zero-order chi connectivity index (χ0) is 12.1. The first kappa shape index (κ1) is 12.7. The van der Waals surface area contributed by atoms with Gasteiger partial charge in [-0.25, -0.2) is 8.78 Å². The van der Waals surface area contributed by atoms with Crippen LogP contribution in [0.15, 0.2) is 12.1 Å². The Bertz CT molecular complexity index is 430. The molecule has 0 aromatic heterocycles. The van der Waals surface area contributed by atoms with Gasteiger partial charge in [-0.1, -0.05) is 0 Å². The highest BCUT2D eigenvalue weighted by molar-refractivity contribution is 5.28. The van der Waals surface area contributed by atoms with Crippen molar-refractivity contribution in [1.29, 1.82) is 0 Å². The summed E-state index contributed by atoms with van der Waals surface area (Å²) in [7, 11) is 0. The van der Waals surface area contributed by atoms with E-state index in [0.717, 1.165) is 6.07 Å². The molecule has 0 spiro atoms. The van der Waals surface area contributed by atoms with Crippen LogP contribution in [-0.2, 0) is 0 Å². The monoisotopic (exact) mass is 223 g/mol. The van der Waals surface area contributed by atoms with Gasteiger partial charge in [0.1, 0.15) is 11.6 Å². The molecule has 1 unspecified atom stereocenters. The molecule has 0 saturated heterocycles. The number of nitrogens with two attached hydrogens (primary N) is 1. The van der Waals surface area contributed by atoms with Crippen molar-refractivity contribution in [2.75, 3.05) is 0 Å². The minimum atomic E-state index is -0.583. The molecule has 0 radical (unpaired) electrons. The van der Waals surface area contributed by atoms with E-state index in [-0.39, 0.29) is 0 Å². The third kappa shape index (κ3) is 3.04. The van der Waals surface area contributed by atoms with E-state index in [1.165, 1.54) is 6.07 Å². The van der Waals surface area contributed by atoms with Crippen molar-refractivity contribution in [3.63, 3.8) is 0 Å². The van der Waals surface area contributed by atoms with Gasteiger partial charge in [0.05, 0.1) is 0 Å². The Balaban J connectivity index is 2.85. The zero-order valence-corrected chi connectivity index (χ0v) is 9.48. The molecule has 1 atom stereocenters. The molecule has 0 amide bonds. The molecule has 16 heavy (non-hydrogen) atoms. The minimum absolute atomic E-state index is 0.358. The average Bonchev–Trinajstić information content (AvgIpc) is 2.23. The first-order valence-electron chi connectivity index (χ1n) is 5.17. The fraction of sp³-hybridized carbons (Fsp3) is 0.385. The maximum absolute atomic E-state index is 13.4. The van der Waals surface area contributed by atoms with Crippen LogP contribution in [0.3, 0.4) is 0 Å². The van der Waals surface area contributed by atoms with E-state index >= 15 is 0 Å². The van der Waals surface area contributed by atoms with E-state index < -0.39 is 17.7 Å². The molecule has 0 aliphatic carbocycles. The highest BCUT2D eigenvalue weighted by Gasteiger charge is 2.13. The summed E-state index contributed by atoms with van der Waals surface area (Å²) in [5, 5.41) is 0. The average molecular weight is 223 g/mol. The van der Waals surface area contributed by atoms with Crippen molar-refractivity contribution in [2.45, 2.75) is 32.7 Å². The SMILES string of the molecule is CC#CCCC(N)c1cc(C)c(F)cc1F. The van der Waals surface area contributed by atoms with Crippen molar-refractivity contribution >= 4 is 0 Å². The van der Waals surface area contributed by atoms with Crippen molar-refractivity contribution in [3.05, 3.63) is 34.9 Å². The molecule has 86 valence electrons. The summed E-state index contributed by atoms with van der Waals surface area (Å²) in [4.78, 5) is 0. The van der Waals surface area contributed by atoms with Crippen LogP contribution in [0.4, 0.5) is 8.78 Å². The van der Waals surface area contributed by atoms with Crippen LogP contribution in [0.5, 0.6) is 0 Å². The summed E-state index contributed by atoms with van der Waals surface area (Å²) in [5.41, 5.74) is 6.59. The molecule has 0 saturated carbocycles. The normalized spacial score (nSPS) is 11.8.